The molecule has 0 fully saturated rings. The second-order valence-corrected chi connectivity index (χ2v) is 6.39. The lowest BCUT2D eigenvalue weighted by Gasteiger charge is -2.12. The summed E-state index contributed by atoms with van der Waals surface area (Å²) >= 11 is 7.02. The van der Waals surface area contributed by atoms with Gasteiger partial charge in [-0.1, -0.05) is 22.4 Å². The molecule has 2 heterocycles. The standard InChI is InChI=1S/C13H13Br2N3/c14-8-6-9(15)12-10(7-8)17-11-4-2-1-3-5-18(11)13(12)16/h6-7,16H,1-5H2. The first-order valence-corrected chi connectivity index (χ1v) is 7.68. The quantitative estimate of drug-likeness (QED) is 0.753. The van der Waals surface area contributed by atoms with E-state index in [1.54, 1.807) is 0 Å². The molecule has 94 valence electrons. The van der Waals surface area contributed by atoms with Gasteiger partial charge in [-0.05, 0) is 40.9 Å². The van der Waals surface area contributed by atoms with Gasteiger partial charge in [-0.25, -0.2) is 4.98 Å². The number of hydrogen-bond donors (Lipinski definition) is 1. The van der Waals surface area contributed by atoms with Gasteiger partial charge in [-0.15, -0.1) is 0 Å². The topological polar surface area (TPSA) is 41.7 Å². The summed E-state index contributed by atoms with van der Waals surface area (Å²) in [5.74, 6) is 1.05. The number of halogens is 2. The van der Waals surface area contributed by atoms with E-state index < -0.39 is 0 Å². The molecule has 1 aromatic carbocycles. The summed E-state index contributed by atoms with van der Waals surface area (Å²) in [6.07, 6.45) is 4.52. The molecule has 3 nitrogen and oxygen atoms in total. The van der Waals surface area contributed by atoms with Crippen molar-refractivity contribution in [3.8, 4) is 0 Å². The van der Waals surface area contributed by atoms with Crippen LogP contribution >= 0.6 is 31.9 Å². The summed E-state index contributed by atoms with van der Waals surface area (Å²) in [4.78, 5) is 4.74. The zero-order valence-electron chi connectivity index (χ0n) is 9.84. The van der Waals surface area contributed by atoms with Gasteiger partial charge in [-0.3, -0.25) is 5.41 Å². The maximum absolute atomic E-state index is 8.40. The number of hydrogen-bond acceptors (Lipinski definition) is 2. The Balaban J connectivity index is 2.38. The molecule has 18 heavy (non-hydrogen) atoms. The van der Waals surface area contributed by atoms with Crippen LogP contribution < -0.4 is 5.49 Å². The summed E-state index contributed by atoms with van der Waals surface area (Å²) in [6.45, 7) is 0.916. The highest BCUT2D eigenvalue weighted by molar-refractivity contribution is 9.11. The average molecular weight is 371 g/mol. The summed E-state index contributed by atoms with van der Waals surface area (Å²) in [5.41, 5.74) is 1.48. The summed E-state index contributed by atoms with van der Waals surface area (Å²) < 4.78 is 3.99. The summed E-state index contributed by atoms with van der Waals surface area (Å²) in [6, 6.07) is 3.97. The van der Waals surface area contributed by atoms with E-state index in [9.17, 15) is 0 Å². The SMILES string of the molecule is N=c1c2c(Br)cc(Br)cc2nc2n1CCCCC2. The van der Waals surface area contributed by atoms with Gasteiger partial charge in [0.2, 0.25) is 0 Å². The smallest absolute Gasteiger partial charge is 0.136 e. The van der Waals surface area contributed by atoms with E-state index in [0.717, 1.165) is 45.1 Å². The summed E-state index contributed by atoms with van der Waals surface area (Å²) in [5, 5.41) is 9.31. The molecule has 0 spiro atoms. The molecule has 0 bridgehead atoms. The van der Waals surface area contributed by atoms with Crippen molar-refractivity contribution in [1.82, 2.24) is 9.55 Å². The molecule has 1 N–H and O–H groups in total. The zero-order valence-corrected chi connectivity index (χ0v) is 13.0. The Morgan fingerprint density at radius 2 is 2.00 bits per heavy atom. The van der Waals surface area contributed by atoms with E-state index in [2.05, 4.69) is 36.4 Å². The van der Waals surface area contributed by atoms with Gasteiger partial charge in [0.25, 0.3) is 0 Å². The lowest BCUT2D eigenvalue weighted by atomic mass is 10.2. The number of rotatable bonds is 0. The first-order chi connectivity index (χ1) is 8.66. The van der Waals surface area contributed by atoms with Crippen LogP contribution in [0.25, 0.3) is 10.9 Å². The van der Waals surface area contributed by atoms with Gasteiger partial charge in [0.15, 0.2) is 0 Å². The van der Waals surface area contributed by atoms with E-state index in [-0.39, 0.29) is 0 Å². The molecular formula is C13H13Br2N3. The Bertz CT molecular complexity index is 676. The predicted molar refractivity (Wildman–Crippen MR) is 78.5 cm³/mol. The zero-order chi connectivity index (χ0) is 12.7. The Morgan fingerprint density at radius 3 is 2.83 bits per heavy atom. The molecule has 0 amide bonds. The van der Waals surface area contributed by atoms with E-state index in [1.165, 1.54) is 12.8 Å². The van der Waals surface area contributed by atoms with Gasteiger partial charge in [-0.2, -0.15) is 0 Å². The third-order valence-corrected chi connectivity index (χ3v) is 4.47. The van der Waals surface area contributed by atoms with Gasteiger partial charge in [0, 0.05) is 21.9 Å². The fourth-order valence-corrected chi connectivity index (χ4v) is 3.90. The molecule has 0 saturated heterocycles. The van der Waals surface area contributed by atoms with Crippen molar-refractivity contribution in [2.45, 2.75) is 32.2 Å². The largest absolute Gasteiger partial charge is 0.314 e. The second kappa shape index (κ2) is 4.78. The van der Waals surface area contributed by atoms with Crippen molar-refractivity contribution in [2.24, 2.45) is 0 Å². The van der Waals surface area contributed by atoms with Crippen LogP contribution in [0.1, 0.15) is 25.1 Å². The van der Waals surface area contributed by atoms with Crippen LogP contribution in [0.15, 0.2) is 21.1 Å². The minimum Gasteiger partial charge on any atom is -0.314 e. The van der Waals surface area contributed by atoms with E-state index in [4.69, 9.17) is 10.4 Å². The Kier molecular flexibility index (Phi) is 3.28. The van der Waals surface area contributed by atoms with Crippen LogP contribution in [0.2, 0.25) is 0 Å². The van der Waals surface area contributed by atoms with Gasteiger partial charge < -0.3 is 4.57 Å². The molecule has 0 unspecified atom stereocenters. The molecule has 0 radical (unpaired) electrons. The highest BCUT2D eigenvalue weighted by atomic mass is 79.9. The van der Waals surface area contributed by atoms with Crippen LogP contribution in [0, 0.1) is 5.41 Å². The van der Waals surface area contributed by atoms with Crippen LogP contribution in [-0.4, -0.2) is 9.55 Å². The molecule has 0 atom stereocenters. The van der Waals surface area contributed by atoms with E-state index in [0.29, 0.717) is 5.49 Å². The lowest BCUT2D eigenvalue weighted by Crippen LogP contribution is -2.25. The van der Waals surface area contributed by atoms with Crippen molar-refractivity contribution >= 4 is 42.8 Å². The predicted octanol–water partition coefficient (Wildman–Crippen LogP) is 3.77. The van der Waals surface area contributed by atoms with Gasteiger partial charge >= 0.3 is 0 Å². The second-order valence-electron chi connectivity index (χ2n) is 4.62. The van der Waals surface area contributed by atoms with Crippen LogP contribution in [0.4, 0.5) is 0 Å². The fraction of sp³-hybridized carbons (Fsp3) is 0.385. The van der Waals surface area contributed by atoms with Crippen molar-refractivity contribution in [3.63, 3.8) is 0 Å². The molecule has 2 aromatic rings. The molecule has 1 aliphatic heterocycles. The third-order valence-electron chi connectivity index (χ3n) is 3.38. The third kappa shape index (κ3) is 2.03. The van der Waals surface area contributed by atoms with Crippen LogP contribution in [0.5, 0.6) is 0 Å². The Morgan fingerprint density at radius 1 is 1.17 bits per heavy atom. The highest BCUT2D eigenvalue weighted by Crippen LogP contribution is 2.26. The van der Waals surface area contributed by atoms with Gasteiger partial charge in [0.05, 0.1) is 10.9 Å². The minimum absolute atomic E-state index is 0.580. The first-order valence-electron chi connectivity index (χ1n) is 6.10. The van der Waals surface area contributed by atoms with Gasteiger partial charge in [0.1, 0.15) is 11.3 Å². The molecular weight excluding hydrogens is 358 g/mol. The number of nitrogens with zero attached hydrogens (tertiary/aromatic N) is 2. The Hall–Kier alpha value is -0.680. The average Bonchev–Trinajstić information content (AvgIpc) is 2.53. The number of aryl methyl sites for hydroxylation is 1. The van der Waals surface area contributed by atoms with Crippen LogP contribution in [-0.2, 0) is 13.0 Å². The van der Waals surface area contributed by atoms with Crippen molar-refractivity contribution < 1.29 is 0 Å². The maximum atomic E-state index is 8.40. The Labute approximate surface area is 122 Å². The minimum atomic E-state index is 0.580. The molecule has 0 saturated carbocycles. The van der Waals surface area contributed by atoms with Crippen molar-refractivity contribution in [3.05, 3.63) is 32.4 Å². The molecule has 1 aromatic heterocycles. The van der Waals surface area contributed by atoms with E-state index >= 15 is 0 Å². The van der Waals surface area contributed by atoms with E-state index in [1.807, 2.05) is 12.1 Å². The maximum Gasteiger partial charge on any atom is 0.136 e. The normalized spacial score (nSPS) is 15.4. The molecule has 0 aliphatic carbocycles. The monoisotopic (exact) mass is 369 g/mol. The molecule has 3 rings (SSSR count). The van der Waals surface area contributed by atoms with Crippen molar-refractivity contribution in [1.29, 1.82) is 5.41 Å². The molecule has 1 aliphatic rings. The van der Waals surface area contributed by atoms with Crippen LogP contribution in [0.3, 0.4) is 0 Å². The number of benzene rings is 1. The summed E-state index contributed by atoms with van der Waals surface area (Å²) in [7, 11) is 0. The molecule has 5 heteroatoms. The van der Waals surface area contributed by atoms with Crippen molar-refractivity contribution in [2.75, 3.05) is 0 Å². The fourth-order valence-electron chi connectivity index (χ4n) is 2.51. The highest BCUT2D eigenvalue weighted by Gasteiger charge is 2.13. The first kappa shape index (κ1) is 12.4. The lowest BCUT2D eigenvalue weighted by molar-refractivity contribution is 0.602. The number of aromatic nitrogens is 2. The number of fused-ring (bicyclic) bond motifs is 2. The number of nitrogens with one attached hydrogen (secondary N) is 1.